The van der Waals surface area contributed by atoms with E-state index in [1.54, 1.807) is 12.1 Å². The molecule has 0 radical (unpaired) electrons. The lowest BCUT2D eigenvalue weighted by Crippen LogP contribution is -2.23. The molecule has 1 unspecified atom stereocenters. The zero-order valence-electron chi connectivity index (χ0n) is 17.2. The zero-order chi connectivity index (χ0) is 20.0. The van der Waals surface area contributed by atoms with Crippen molar-refractivity contribution in [2.75, 3.05) is 20.3 Å². The van der Waals surface area contributed by atoms with Crippen LogP contribution >= 0.6 is 0 Å². The molecule has 152 valence electrons. The van der Waals surface area contributed by atoms with E-state index in [0.717, 1.165) is 31.7 Å². The van der Waals surface area contributed by atoms with Crippen LogP contribution in [0.2, 0.25) is 0 Å². The molecule has 0 amide bonds. The van der Waals surface area contributed by atoms with Crippen molar-refractivity contribution in [2.24, 2.45) is 0 Å². The summed E-state index contributed by atoms with van der Waals surface area (Å²) in [7, 11) is 1.39. The van der Waals surface area contributed by atoms with Gasteiger partial charge in [-0.25, -0.2) is 4.79 Å². The fourth-order valence-corrected chi connectivity index (χ4v) is 3.10. The van der Waals surface area contributed by atoms with E-state index in [4.69, 9.17) is 9.47 Å². The first-order chi connectivity index (χ1) is 13.7. The summed E-state index contributed by atoms with van der Waals surface area (Å²) in [6.45, 7) is 4.50. The van der Waals surface area contributed by atoms with Crippen LogP contribution < -0.4 is 5.32 Å². The van der Waals surface area contributed by atoms with Gasteiger partial charge in [0.05, 0.1) is 18.8 Å². The zero-order valence-corrected chi connectivity index (χ0v) is 17.2. The molecule has 0 bridgehead atoms. The van der Waals surface area contributed by atoms with Crippen LogP contribution in [0.25, 0.3) is 0 Å². The van der Waals surface area contributed by atoms with E-state index in [-0.39, 0.29) is 12.1 Å². The smallest absolute Gasteiger partial charge is 0.337 e. The molecular weight excluding hydrogens is 350 g/mol. The van der Waals surface area contributed by atoms with Gasteiger partial charge in [0.1, 0.15) is 0 Å². The van der Waals surface area contributed by atoms with E-state index in [1.165, 1.54) is 38.4 Å². The number of rotatable bonds is 13. The van der Waals surface area contributed by atoms with Crippen molar-refractivity contribution in [1.82, 2.24) is 5.32 Å². The number of benzene rings is 2. The quantitative estimate of drug-likeness (QED) is 0.377. The number of nitrogens with one attached hydrogen (secondary N) is 1. The van der Waals surface area contributed by atoms with Gasteiger partial charge in [0, 0.05) is 19.7 Å². The van der Waals surface area contributed by atoms with Crippen LogP contribution in [0.3, 0.4) is 0 Å². The second-order valence-electron chi connectivity index (χ2n) is 7.00. The van der Waals surface area contributed by atoms with Crippen molar-refractivity contribution >= 4 is 5.97 Å². The van der Waals surface area contributed by atoms with E-state index in [9.17, 15) is 4.79 Å². The number of carbonyl (C=O) groups is 1. The summed E-state index contributed by atoms with van der Waals surface area (Å²) < 4.78 is 10.9. The fraction of sp³-hybridized carbons (Fsp3) is 0.458. The van der Waals surface area contributed by atoms with E-state index in [1.807, 2.05) is 18.2 Å². The summed E-state index contributed by atoms with van der Waals surface area (Å²) in [5.74, 6) is -0.309. The summed E-state index contributed by atoms with van der Waals surface area (Å²) in [5, 5.41) is 3.48. The van der Waals surface area contributed by atoms with Crippen molar-refractivity contribution in [2.45, 2.75) is 51.7 Å². The number of esters is 1. The Kier molecular flexibility index (Phi) is 10.3. The Morgan fingerprint density at radius 3 is 2.36 bits per heavy atom. The largest absolute Gasteiger partial charge is 0.465 e. The van der Waals surface area contributed by atoms with Crippen LogP contribution in [0, 0.1) is 0 Å². The molecule has 0 saturated carbocycles. The molecule has 1 atom stereocenters. The third-order valence-electron chi connectivity index (χ3n) is 4.77. The maximum atomic E-state index is 11.5. The number of hydrogen-bond donors (Lipinski definition) is 1. The van der Waals surface area contributed by atoms with E-state index in [2.05, 4.69) is 36.5 Å². The first kappa shape index (κ1) is 22.1. The van der Waals surface area contributed by atoms with Crippen LogP contribution in [0.4, 0.5) is 0 Å². The average molecular weight is 384 g/mol. The Labute approximate surface area is 169 Å². The molecule has 4 nitrogen and oxygen atoms in total. The predicted molar refractivity (Wildman–Crippen MR) is 113 cm³/mol. The lowest BCUT2D eigenvalue weighted by molar-refractivity contribution is 0.0496. The van der Waals surface area contributed by atoms with E-state index >= 15 is 0 Å². The normalized spacial score (nSPS) is 11.9. The molecule has 0 aromatic heterocycles. The van der Waals surface area contributed by atoms with Crippen molar-refractivity contribution in [1.29, 1.82) is 0 Å². The summed E-state index contributed by atoms with van der Waals surface area (Å²) in [6, 6.07) is 17.9. The summed E-state index contributed by atoms with van der Waals surface area (Å²) in [6.07, 6.45) is 6.24. The Bertz CT molecular complexity index is 670. The molecular formula is C24H33NO3. The van der Waals surface area contributed by atoms with Gasteiger partial charge in [0.2, 0.25) is 0 Å². The van der Waals surface area contributed by atoms with Crippen molar-refractivity contribution < 1.29 is 14.3 Å². The number of ether oxygens (including phenoxy) is 2. The molecule has 0 saturated heterocycles. The van der Waals surface area contributed by atoms with Gasteiger partial charge in [0.25, 0.3) is 0 Å². The summed E-state index contributed by atoms with van der Waals surface area (Å²) >= 11 is 0. The maximum Gasteiger partial charge on any atom is 0.337 e. The first-order valence-corrected chi connectivity index (χ1v) is 10.3. The highest BCUT2D eigenvalue weighted by Crippen LogP contribution is 2.17. The molecule has 2 aromatic rings. The molecule has 0 aliphatic carbocycles. The number of methoxy groups -OCH3 is 1. The molecule has 0 heterocycles. The van der Waals surface area contributed by atoms with Crippen molar-refractivity contribution in [3.63, 3.8) is 0 Å². The summed E-state index contributed by atoms with van der Waals surface area (Å²) in [5.41, 5.74) is 2.89. The third-order valence-corrected chi connectivity index (χ3v) is 4.77. The van der Waals surface area contributed by atoms with Gasteiger partial charge < -0.3 is 14.8 Å². The Morgan fingerprint density at radius 2 is 1.68 bits per heavy atom. The van der Waals surface area contributed by atoms with Gasteiger partial charge in [-0.15, -0.1) is 0 Å². The van der Waals surface area contributed by atoms with E-state index in [0.29, 0.717) is 5.56 Å². The fourth-order valence-electron chi connectivity index (χ4n) is 3.10. The maximum absolute atomic E-state index is 11.5. The molecule has 0 aliphatic heterocycles. The molecule has 2 aromatic carbocycles. The topological polar surface area (TPSA) is 47.6 Å². The number of unbranched alkanes of at least 4 members (excludes halogenated alkanes) is 4. The number of carbonyl (C=O) groups excluding carboxylic acids is 1. The third kappa shape index (κ3) is 7.83. The van der Waals surface area contributed by atoms with Crippen LogP contribution in [0.1, 0.15) is 66.6 Å². The van der Waals surface area contributed by atoms with Crippen molar-refractivity contribution in [3.8, 4) is 0 Å². The minimum Gasteiger partial charge on any atom is -0.465 e. The van der Waals surface area contributed by atoms with Crippen LogP contribution in [0.5, 0.6) is 0 Å². The highest BCUT2D eigenvalue weighted by molar-refractivity contribution is 5.89. The molecule has 28 heavy (non-hydrogen) atoms. The van der Waals surface area contributed by atoms with Gasteiger partial charge in [-0.1, -0.05) is 75.1 Å². The van der Waals surface area contributed by atoms with Gasteiger partial charge in [-0.2, -0.15) is 0 Å². The highest BCUT2D eigenvalue weighted by atomic mass is 16.5. The van der Waals surface area contributed by atoms with Gasteiger partial charge in [-0.05, 0) is 29.7 Å². The highest BCUT2D eigenvalue weighted by Gasteiger charge is 2.11. The first-order valence-electron chi connectivity index (χ1n) is 10.3. The number of hydrogen-bond acceptors (Lipinski definition) is 4. The van der Waals surface area contributed by atoms with Crippen LogP contribution in [-0.4, -0.2) is 26.2 Å². The Morgan fingerprint density at radius 1 is 0.964 bits per heavy atom. The second-order valence-corrected chi connectivity index (χ2v) is 7.00. The monoisotopic (exact) mass is 383 g/mol. The Balaban J connectivity index is 1.82. The second kappa shape index (κ2) is 13.1. The van der Waals surface area contributed by atoms with Gasteiger partial charge >= 0.3 is 5.97 Å². The molecule has 0 fully saturated rings. The molecule has 0 aliphatic rings. The molecule has 1 N–H and O–H groups in total. The lowest BCUT2D eigenvalue weighted by atomic mass is 10.1. The molecule has 2 rings (SSSR count). The van der Waals surface area contributed by atoms with Gasteiger partial charge in [0.15, 0.2) is 0 Å². The van der Waals surface area contributed by atoms with E-state index < -0.39 is 0 Å². The predicted octanol–water partition coefficient (Wildman–Crippen LogP) is 5.29. The average Bonchev–Trinajstić information content (AvgIpc) is 2.75. The summed E-state index contributed by atoms with van der Waals surface area (Å²) in [4.78, 5) is 11.5. The van der Waals surface area contributed by atoms with Crippen molar-refractivity contribution in [3.05, 3.63) is 71.3 Å². The standard InChI is InChI=1S/C24H33NO3/c1-3-4-5-6-10-17-28-23(21-11-8-7-9-12-21)19-25-18-20-13-15-22(16-14-20)24(26)27-2/h7-9,11-16,23,25H,3-6,10,17-19H2,1-2H3. The van der Waals surface area contributed by atoms with Gasteiger partial charge in [-0.3, -0.25) is 0 Å². The van der Waals surface area contributed by atoms with Crippen LogP contribution in [-0.2, 0) is 16.0 Å². The van der Waals surface area contributed by atoms with Crippen LogP contribution in [0.15, 0.2) is 54.6 Å². The minimum atomic E-state index is -0.309. The lowest BCUT2D eigenvalue weighted by Gasteiger charge is -2.19. The molecule has 4 heteroatoms. The minimum absolute atomic E-state index is 0.0433. The molecule has 0 spiro atoms. The Hall–Kier alpha value is -2.17. The SMILES string of the molecule is CCCCCCCOC(CNCc1ccc(C(=O)OC)cc1)c1ccccc1.